The van der Waals surface area contributed by atoms with E-state index in [4.69, 9.17) is 9.47 Å². The standard InChI is InChI=1S/C26H31FO4S.C2H6/c1-5-19(8-7-18(3)27)25-11-10-24(32-25)13-20-12-21(9-6-17(20)2)26(30-4)15-22(29)14-23(16-28)31-26;1-2/h5-12,22-23,28-29H,3,13-16H2,1-2,4H3;1-2H3/b8-7-,19-5+;. The molecule has 34 heavy (non-hydrogen) atoms. The third kappa shape index (κ3) is 6.96. The summed E-state index contributed by atoms with van der Waals surface area (Å²) in [5.74, 6) is -1.56. The van der Waals surface area contributed by atoms with Crippen molar-refractivity contribution in [3.05, 3.63) is 87.4 Å². The van der Waals surface area contributed by atoms with Crippen LogP contribution < -0.4 is 0 Å². The van der Waals surface area contributed by atoms with E-state index in [0.717, 1.165) is 33.6 Å². The maximum absolute atomic E-state index is 13.0. The maximum Gasteiger partial charge on any atom is 0.197 e. The number of methoxy groups -OCH3 is 1. The molecule has 1 fully saturated rings. The first-order valence-corrected chi connectivity index (χ1v) is 12.5. The summed E-state index contributed by atoms with van der Waals surface area (Å²) in [6.07, 6.45) is 5.38. The van der Waals surface area contributed by atoms with E-state index >= 15 is 0 Å². The number of ether oxygens (including phenoxy) is 2. The van der Waals surface area contributed by atoms with Crippen LogP contribution >= 0.6 is 11.3 Å². The number of benzene rings is 1. The van der Waals surface area contributed by atoms with Crippen LogP contribution in [0.2, 0.25) is 0 Å². The Morgan fingerprint density at radius 3 is 2.65 bits per heavy atom. The molecule has 3 rings (SSSR count). The van der Waals surface area contributed by atoms with E-state index in [0.29, 0.717) is 12.8 Å². The van der Waals surface area contributed by atoms with E-state index in [1.54, 1.807) is 24.5 Å². The number of halogens is 1. The van der Waals surface area contributed by atoms with Crippen LogP contribution in [-0.2, 0) is 21.7 Å². The average molecular weight is 489 g/mol. The Morgan fingerprint density at radius 1 is 1.29 bits per heavy atom. The highest BCUT2D eigenvalue weighted by atomic mass is 32.1. The fourth-order valence-electron chi connectivity index (χ4n) is 4.02. The molecule has 2 N–H and O–H groups in total. The van der Waals surface area contributed by atoms with Gasteiger partial charge in [-0.05, 0) is 54.8 Å². The topological polar surface area (TPSA) is 58.9 Å². The van der Waals surface area contributed by atoms with Crippen molar-refractivity contribution in [3.8, 4) is 0 Å². The number of rotatable bonds is 8. The molecule has 0 bridgehead atoms. The van der Waals surface area contributed by atoms with Crippen LogP contribution in [0, 0.1) is 6.92 Å². The summed E-state index contributed by atoms with van der Waals surface area (Å²) in [6, 6.07) is 10.2. The van der Waals surface area contributed by atoms with Crippen molar-refractivity contribution in [2.24, 2.45) is 0 Å². The second-order valence-electron chi connectivity index (χ2n) is 8.08. The van der Waals surface area contributed by atoms with Gasteiger partial charge in [0.15, 0.2) is 5.79 Å². The summed E-state index contributed by atoms with van der Waals surface area (Å²) in [7, 11) is 1.57. The van der Waals surface area contributed by atoms with Gasteiger partial charge in [0.2, 0.25) is 0 Å². The lowest BCUT2D eigenvalue weighted by molar-refractivity contribution is -0.298. The molecule has 0 amide bonds. The molecule has 4 nitrogen and oxygen atoms in total. The molecular formula is C28H37FO4S. The van der Waals surface area contributed by atoms with Crippen LogP contribution in [0.25, 0.3) is 5.57 Å². The normalized spacial score (nSPS) is 23.0. The molecule has 186 valence electrons. The van der Waals surface area contributed by atoms with Gasteiger partial charge >= 0.3 is 0 Å². The molecule has 2 aromatic rings. The Labute approximate surface area is 207 Å². The van der Waals surface area contributed by atoms with Crippen molar-refractivity contribution in [1.82, 2.24) is 0 Å². The van der Waals surface area contributed by atoms with Crippen molar-refractivity contribution in [3.63, 3.8) is 0 Å². The third-order valence-electron chi connectivity index (χ3n) is 5.78. The van der Waals surface area contributed by atoms with Gasteiger partial charge in [0.25, 0.3) is 0 Å². The molecule has 1 saturated heterocycles. The summed E-state index contributed by atoms with van der Waals surface area (Å²) in [5, 5.41) is 19.9. The number of aliphatic hydroxyl groups is 2. The first-order valence-electron chi connectivity index (χ1n) is 11.7. The first kappa shape index (κ1) is 28.1. The Kier molecular flexibility index (Phi) is 10.9. The molecule has 3 unspecified atom stereocenters. The molecular weight excluding hydrogens is 451 g/mol. The second kappa shape index (κ2) is 13.1. The molecule has 3 atom stereocenters. The number of hydrogen-bond donors (Lipinski definition) is 2. The van der Waals surface area contributed by atoms with E-state index in [1.807, 2.05) is 45.0 Å². The predicted octanol–water partition coefficient (Wildman–Crippen LogP) is 6.45. The number of aliphatic hydroxyl groups excluding tert-OH is 2. The number of thiophene rings is 1. The SMILES string of the molecule is C=C(F)/C=C\C(=C/C)c1ccc(Cc2cc(C3(OC)CC(O)CC(CO)O3)ccc2C)s1.CC. The van der Waals surface area contributed by atoms with Crippen molar-refractivity contribution < 1.29 is 24.1 Å². The van der Waals surface area contributed by atoms with Crippen molar-refractivity contribution in [2.75, 3.05) is 13.7 Å². The molecule has 1 aliphatic rings. The fourth-order valence-corrected chi connectivity index (χ4v) is 5.11. The lowest BCUT2D eigenvalue weighted by Gasteiger charge is -2.42. The number of allylic oxidation sites excluding steroid dienone is 5. The Balaban J connectivity index is 0.00000199. The van der Waals surface area contributed by atoms with Gasteiger partial charge < -0.3 is 19.7 Å². The van der Waals surface area contributed by atoms with E-state index in [1.165, 1.54) is 11.0 Å². The Morgan fingerprint density at radius 2 is 2.03 bits per heavy atom. The van der Waals surface area contributed by atoms with Crippen LogP contribution in [0.4, 0.5) is 4.39 Å². The average Bonchev–Trinajstić information content (AvgIpc) is 3.29. The molecule has 0 aliphatic carbocycles. The van der Waals surface area contributed by atoms with Crippen LogP contribution in [0.3, 0.4) is 0 Å². The van der Waals surface area contributed by atoms with E-state index in [9.17, 15) is 14.6 Å². The molecule has 0 radical (unpaired) electrons. The van der Waals surface area contributed by atoms with E-state index < -0.39 is 23.8 Å². The lowest BCUT2D eigenvalue weighted by atomic mass is 9.90. The highest BCUT2D eigenvalue weighted by Crippen LogP contribution is 2.39. The van der Waals surface area contributed by atoms with Crippen molar-refractivity contribution in [2.45, 2.75) is 65.0 Å². The smallest absolute Gasteiger partial charge is 0.197 e. The highest BCUT2D eigenvalue weighted by Gasteiger charge is 2.43. The zero-order valence-corrected chi connectivity index (χ0v) is 21.6. The Hall–Kier alpha value is -2.09. The molecule has 2 heterocycles. The highest BCUT2D eigenvalue weighted by molar-refractivity contribution is 7.13. The van der Waals surface area contributed by atoms with Gasteiger partial charge in [-0.15, -0.1) is 11.3 Å². The minimum atomic E-state index is -1.09. The summed E-state index contributed by atoms with van der Waals surface area (Å²) in [5.41, 5.74) is 4.05. The van der Waals surface area contributed by atoms with Crippen molar-refractivity contribution in [1.29, 1.82) is 0 Å². The van der Waals surface area contributed by atoms with E-state index in [2.05, 4.69) is 25.6 Å². The quantitative estimate of drug-likeness (QED) is 0.420. The van der Waals surface area contributed by atoms with Crippen LogP contribution in [0.15, 0.2) is 61.0 Å². The molecule has 6 heteroatoms. The lowest BCUT2D eigenvalue weighted by Crippen LogP contribution is -2.46. The van der Waals surface area contributed by atoms with Gasteiger partial charge in [0.05, 0.1) is 18.8 Å². The molecule has 1 aromatic carbocycles. The molecule has 1 aromatic heterocycles. The van der Waals surface area contributed by atoms with Gasteiger partial charge in [-0.1, -0.05) is 44.7 Å². The first-order chi connectivity index (χ1) is 16.3. The molecule has 0 spiro atoms. The van der Waals surface area contributed by atoms with Gasteiger partial charge in [-0.25, -0.2) is 4.39 Å². The van der Waals surface area contributed by atoms with Gasteiger partial charge in [0, 0.05) is 41.7 Å². The van der Waals surface area contributed by atoms with Gasteiger partial charge in [0.1, 0.15) is 5.83 Å². The van der Waals surface area contributed by atoms with Crippen molar-refractivity contribution >= 4 is 16.9 Å². The summed E-state index contributed by atoms with van der Waals surface area (Å²) in [4.78, 5) is 2.24. The summed E-state index contributed by atoms with van der Waals surface area (Å²) < 4.78 is 24.9. The van der Waals surface area contributed by atoms with Gasteiger partial charge in [-0.3, -0.25) is 0 Å². The van der Waals surface area contributed by atoms with Crippen LogP contribution in [0.5, 0.6) is 0 Å². The zero-order chi connectivity index (χ0) is 25.3. The minimum Gasteiger partial charge on any atom is -0.394 e. The maximum atomic E-state index is 13.0. The predicted molar refractivity (Wildman–Crippen MR) is 139 cm³/mol. The zero-order valence-electron chi connectivity index (χ0n) is 20.8. The molecule has 0 saturated carbocycles. The van der Waals surface area contributed by atoms with E-state index in [-0.39, 0.29) is 6.61 Å². The Bertz CT molecular complexity index is 1010. The van der Waals surface area contributed by atoms with Crippen LogP contribution in [0.1, 0.15) is 60.1 Å². The molecule has 1 aliphatic heterocycles. The largest absolute Gasteiger partial charge is 0.394 e. The van der Waals surface area contributed by atoms with Gasteiger partial charge in [-0.2, -0.15) is 0 Å². The number of aryl methyl sites for hydroxylation is 1. The monoisotopic (exact) mass is 488 g/mol. The number of hydrogen-bond acceptors (Lipinski definition) is 5. The van der Waals surface area contributed by atoms with Crippen LogP contribution in [-0.4, -0.2) is 36.1 Å². The fraction of sp³-hybridized carbons (Fsp3) is 0.429. The summed E-state index contributed by atoms with van der Waals surface area (Å²) >= 11 is 1.66. The summed E-state index contributed by atoms with van der Waals surface area (Å²) in [6.45, 7) is 11.1. The second-order valence-corrected chi connectivity index (χ2v) is 9.25. The minimum absolute atomic E-state index is 0.170. The third-order valence-corrected chi connectivity index (χ3v) is 6.92.